The molecule has 0 spiro atoms. The highest BCUT2D eigenvalue weighted by atomic mass is 32.2. The van der Waals surface area contributed by atoms with E-state index in [-0.39, 0.29) is 23.4 Å². The lowest BCUT2D eigenvalue weighted by molar-refractivity contribution is -0.144. The third-order valence-electron chi connectivity index (χ3n) is 3.94. The second-order valence-corrected chi connectivity index (χ2v) is 8.70. The van der Waals surface area contributed by atoms with E-state index in [1.54, 1.807) is 23.1 Å². The number of piperazine rings is 1. The maximum atomic E-state index is 12.8. The van der Waals surface area contributed by atoms with Gasteiger partial charge in [-0.25, -0.2) is 8.42 Å². The number of aryl methyl sites for hydroxylation is 1. The van der Waals surface area contributed by atoms with Crippen LogP contribution in [0.3, 0.4) is 0 Å². The van der Waals surface area contributed by atoms with Crippen LogP contribution in [0, 0.1) is 6.92 Å². The van der Waals surface area contributed by atoms with E-state index in [2.05, 4.69) is 0 Å². The van der Waals surface area contributed by atoms with E-state index in [1.165, 1.54) is 4.31 Å². The zero-order valence-corrected chi connectivity index (χ0v) is 14.6. The Morgan fingerprint density at radius 2 is 1.86 bits per heavy atom. The third-order valence-corrected chi connectivity index (χ3v) is 5.73. The lowest BCUT2D eigenvalue weighted by atomic mass is 9.98. The first-order valence-corrected chi connectivity index (χ1v) is 8.89. The zero-order chi connectivity index (χ0) is 16.7. The SMILES string of the molecule is Cc1cccc(S(=O)(=O)N2CC(=O)N(C(C)C)C(C)(C)C2)c1. The van der Waals surface area contributed by atoms with Crippen molar-refractivity contribution >= 4 is 15.9 Å². The molecule has 0 radical (unpaired) electrons. The minimum atomic E-state index is -3.65. The van der Waals surface area contributed by atoms with Crippen LogP contribution in [0.25, 0.3) is 0 Å². The fourth-order valence-electron chi connectivity index (χ4n) is 3.21. The van der Waals surface area contributed by atoms with E-state index in [1.807, 2.05) is 40.7 Å². The van der Waals surface area contributed by atoms with Crippen LogP contribution in [-0.2, 0) is 14.8 Å². The van der Waals surface area contributed by atoms with Crippen LogP contribution in [-0.4, -0.2) is 48.2 Å². The minimum absolute atomic E-state index is 0.0475. The number of amides is 1. The van der Waals surface area contributed by atoms with Gasteiger partial charge in [0.25, 0.3) is 0 Å². The van der Waals surface area contributed by atoms with Gasteiger partial charge in [0.05, 0.1) is 17.0 Å². The van der Waals surface area contributed by atoms with Gasteiger partial charge in [-0.2, -0.15) is 4.31 Å². The lowest BCUT2D eigenvalue weighted by Gasteiger charge is -2.48. The molecule has 0 bridgehead atoms. The number of carbonyl (C=O) groups excluding carboxylic acids is 1. The van der Waals surface area contributed by atoms with Gasteiger partial charge in [0.15, 0.2) is 0 Å². The molecule has 1 aromatic rings. The van der Waals surface area contributed by atoms with Crippen molar-refractivity contribution in [2.24, 2.45) is 0 Å². The van der Waals surface area contributed by atoms with E-state index in [0.717, 1.165) is 5.56 Å². The van der Waals surface area contributed by atoms with Gasteiger partial charge < -0.3 is 4.90 Å². The molecule has 122 valence electrons. The lowest BCUT2D eigenvalue weighted by Crippen LogP contribution is -2.64. The van der Waals surface area contributed by atoms with Gasteiger partial charge in [0.1, 0.15) is 0 Å². The van der Waals surface area contributed by atoms with Gasteiger partial charge in [0, 0.05) is 12.6 Å². The standard InChI is InChI=1S/C16H24N2O3S/c1-12(2)18-15(19)10-17(11-16(18,4)5)22(20,21)14-8-6-7-13(3)9-14/h6-9,12H,10-11H2,1-5H3. The van der Waals surface area contributed by atoms with Crippen molar-refractivity contribution in [1.82, 2.24) is 9.21 Å². The molecule has 0 unspecified atom stereocenters. The summed E-state index contributed by atoms with van der Waals surface area (Å²) in [6.07, 6.45) is 0. The normalized spacial score (nSPS) is 19.7. The summed E-state index contributed by atoms with van der Waals surface area (Å²) in [5.41, 5.74) is 0.355. The molecule has 2 rings (SSSR count). The van der Waals surface area contributed by atoms with Crippen LogP contribution < -0.4 is 0 Å². The van der Waals surface area contributed by atoms with Crippen LogP contribution in [0.1, 0.15) is 33.3 Å². The molecule has 0 aromatic heterocycles. The molecule has 5 nitrogen and oxygen atoms in total. The summed E-state index contributed by atoms with van der Waals surface area (Å²) in [5.74, 6) is -0.150. The molecule has 1 saturated heterocycles. The number of nitrogens with zero attached hydrogens (tertiary/aromatic N) is 2. The van der Waals surface area contributed by atoms with Gasteiger partial charge in [-0.3, -0.25) is 4.79 Å². The molecule has 0 aliphatic carbocycles. The number of hydrogen-bond acceptors (Lipinski definition) is 3. The fraction of sp³-hybridized carbons (Fsp3) is 0.562. The Kier molecular flexibility index (Phi) is 4.37. The van der Waals surface area contributed by atoms with E-state index in [0.29, 0.717) is 6.54 Å². The number of carbonyl (C=O) groups is 1. The largest absolute Gasteiger partial charge is 0.333 e. The van der Waals surface area contributed by atoms with Crippen LogP contribution in [0.2, 0.25) is 0 Å². The molecule has 6 heteroatoms. The smallest absolute Gasteiger partial charge is 0.243 e. The molecule has 0 saturated carbocycles. The molecule has 22 heavy (non-hydrogen) atoms. The molecule has 0 atom stereocenters. The molecular weight excluding hydrogens is 300 g/mol. The Morgan fingerprint density at radius 1 is 1.23 bits per heavy atom. The van der Waals surface area contributed by atoms with Gasteiger partial charge in [-0.05, 0) is 52.3 Å². The summed E-state index contributed by atoms with van der Waals surface area (Å²) in [5, 5.41) is 0. The molecule has 1 aliphatic heterocycles. The van der Waals surface area contributed by atoms with Gasteiger partial charge in [-0.1, -0.05) is 12.1 Å². The summed E-state index contributed by atoms with van der Waals surface area (Å²) >= 11 is 0. The van der Waals surface area contributed by atoms with Crippen molar-refractivity contribution in [2.75, 3.05) is 13.1 Å². The average Bonchev–Trinajstić information content (AvgIpc) is 2.36. The molecule has 1 aliphatic rings. The van der Waals surface area contributed by atoms with E-state index in [4.69, 9.17) is 0 Å². The monoisotopic (exact) mass is 324 g/mol. The minimum Gasteiger partial charge on any atom is -0.333 e. The first-order valence-electron chi connectivity index (χ1n) is 7.45. The first kappa shape index (κ1) is 17.0. The Morgan fingerprint density at radius 3 is 2.36 bits per heavy atom. The maximum absolute atomic E-state index is 12.8. The van der Waals surface area contributed by atoms with Crippen molar-refractivity contribution in [2.45, 2.75) is 51.1 Å². The molecule has 0 N–H and O–H groups in total. The van der Waals surface area contributed by atoms with Crippen molar-refractivity contribution in [1.29, 1.82) is 0 Å². The number of sulfonamides is 1. The van der Waals surface area contributed by atoms with E-state index >= 15 is 0 Å². The Labute approximate surface area is 133 Å². The van der Waals surface area contributed by atoms with Crippen LogP contribution >= 0.6 is 0 Å². The van der Waals surface area contributed by atoms with E-state index < -0.39 is 15.6 Å². The van der Waals surface area contributed by atoms with Crippen LogP contribution in [0.5, 0.6) is 0 Å². The van der Waals surface area contributed by atoms with E-state index in [9.17, 15) is 13.2 Å². The van der Waals surface area contributed by atoms with Crippen molar-refractivity contribution in [3.05, 3.63) is 29.8 Å². The van der Waals surface area contributed by atoms with Gasteiger partial charge >= 0.3 is 0 Å². The highest BCUT2D eigenvalue weighted by Gasteiger charge is 2.43. The number of rotatable bonds is 3. The fourth-order valence-corrected chi connectivity index (χ4v) is 4.86. The number of hydrogen-bond donors (Lipinski definition) is 0. The van der Waals surface area contributed by atoms with Crippen LogP contribution in [0.15, 0.2) is 29.2 Å². The Hall–Kier alpha value is -1.40. The quantitative estimate of drug-likeness (QED) is 0.854. The second-order valence-electron chi connectivity index (χ2n) is 6.76. The third kappa shape index (κ3) is 3.03. The van der Waals surface area contributed by atoms with Gasteiger partial charge in [0.2, 0.25) is 15.9 Å². The van der Waals surface area contributed by atoms with Crippen LogP contribution in [0.4, 0.5) is 0 Å². The van der Waals surface area contributed by atoms with Crippen molar-refractivity contribution in [3.63, 3.8) is 0 Å². The van der Waals surface area contributed by atoms with Crippen molar-refractivity contribution in [3.8, 4) is 0 Å². The summed E-state index contributed by atoms with van der Waals surface area (Å²) in [6, 6.07) is 6.84. The highest BCUT2D eigenvalue weighted by Crippen LogP contribution is 2.28. The zero-order valence-electron chi connectivity index (χ0n) is 13.8. The van der Waals surface area contributed by atoms with Gasteiger partial charge in [-0.15, -0.1) is 0 Å². The topological polar surface area (TPSA) is 57.7 Å². The molecule has 1 fully saturated rings. The molecular formula is C16H24N2O3S. The molecule has 1 aromatic carbocycles. The first-order chi connectivity index (χ1) is 10.1. The predicted octanol–water partition coefficient (Wildman–Crippen LogP) is 2.01. The summed E-state index contributed by atoms with van der Waals surface area (Å²) < 4.78 is 26.9. The average molecular weight is 324 g/mol. The highest BCUT2D eigenvalue weighted by molar-refractivity contribution is 7.89. The summed E-state index contributed by atoms with van der Waals surface area (Å²) in [6.45, 7) is 9.76. The Bertz CT molecular complexity index is 680. The predicted molar refractivity (Wildman–Crippen MR) is 86.0 cm³/mol. The summed E-state index contributed by atoms with van der Waals surface area (Å²) in [4.78, 5) is 14.4. The van der Waals surface area contributed by atoms with Crippen molar-refractivity contribution < 1.29 is 13.2 Å². The second kappa shape index (κ2) is 5.66. The number of benzene rings is 1. The molecule has 1 heterocycles. The maximum Gasteiger partial charge on any atom is 0.243 e. The molecule has 1 amide bonds. The Balaban J connectivity index is 2.37. The summed E-state index contributed by atoms with van der Waals surface area (Å²) in [7, 11) is -3.65.